The highest BCUT2D eigenvalue weighted by atomic mass is 32.2. The fourth-order valence-corrected chi connectivity index (χ4v) is 8.24. The number of hydrogen-bond acceptors (Lipinski definition) is 7. The third-order valence-electron chi connectivity index (χ3n) is 9.30. The first-order valence-electron chi connectivity index (χ1n) is 16.0. The van der Waals surface area contributed by atoms with Crippen LogP contribution in [0.25, 0.3) is 6.08 Å². The van der Waals surface area contributed by atoms with Crippen LogP contribution in [0.3, 0.4) is 0 Å². The number of likely N-dealkylation sites (N-methyl/N-ethyl adjacent to an activating group) is 1. The lowest BCUT2D eigenvalue weighted by Gasteiger charge is -2.33. The zero-order chi connectivity index (χ0) is 31.1. The molecule has 1 aromatic rings. The fourth-order valence-electron chi connectivity index (χ4n) is 6.33. The number of amides is 1. The molecular weight excluding hydrogens is 564 g/mol. The number of benzene rings is 1. The molecule has 2 heterocycles. The molecule has 0 radical (unpaired) electrons. The molecule has 0 N–H and O–H groups in total. The van der Waals surface area contributed by atoms with Gasteiger partial charge in [-0.3, -0.25) is 4.79 Å². The summed E-state index contributed by atoms with van der Waals surface area (Å²) in [6.45, 7) is 11.0. The van der Waals surface area contributed by atoms with Crippen molar-refractivity contribution in [2.24, 2.45) is 17.8 Å². The first kappa shape index (κ1) is 33.2. The summed E-state index contributed by atoms with van der Waals surface area (Å²) in [7, 11) is -1.33. The third kappa shape index (κ3) is 8.94. The number of esters is 1. The summed E-state index contributed by atoms with van der Waals surface area (Å²) in [5.41, 5.74) is 1.58. The second kappa shape index (κ2) is 14.9. The van der Waals surface area contributed by atoms with Crippen LogP contribution in [0.2, 0.25) is 0 Å². The molecule has 2 fully saturated rings. The van der Waals surface area contributed by atoms with Crippen LogP contribution in [-0.4, -0.2) is 81.0 Å². The Morgan fingerprint density at radius 3 is 2.40 bits per heavy atom. The predicted octanol–water partition coefficient (Wildman–Crippen LogP) is 6.12. The maximum Gasteiger partial charge on any atom is 0.410 e. The van der Waals surface area contributed by atoms with E-state index in [2.05, 4.69) is 25.8 Å². The molecule has 1 amide bonds. The maximum absolute atomic E-state index is 13.2. The quantitative estimate of drug-likeness (QED) is 0.291. The number of carbonyl (C=O) groups is 2. The highest BCUT2D eigenvalue weighted by Gasteiger charge is 2.31. The maximum atomic E-state index is 13.2. The van der Waals surface area contributed by atoms with E-state index in [1.165, 1.54) is 0 Å². The van der Waals surface area contributed by atoms with E-state index in [0.29, 0.717) is 37.2 Å². The van der Waals surface area contributed by atoms with E-state index < -0.39 is 15.9 Å². The molecule has 0 bridgehead atoms. The van der Waals surface area contributed by atoms with Crippen molar-refractivity contribution in [3.8, 4) is 0 Å². The summed E-state index contributed by atoms with van der Waals surface area (Å²) in [4.78, 5) is 30.4. The predicted molar refractivity (Wildman–Crippen MR) is 169 cm³/mol. The van der Waals surface area contributed by atoms with E-state index in [-0.39, 0.29) is 41.2 Å². The zero-order valence-electron chi connectivity index (χ0n) is 26.5. The molecule has 0 spiro atoms. The average molecular weight is 615 g/mol. The lowest BCUT2D eigenvalue weighted by Crippen LogP contribution is -2.48. The van der Waals surface area contributed by atoms with Gasteiger partial charge >= 0.3 is 12.1 Å². The molecule has 43 heavy (non-hydrogen) atoms. The monoisotopic (exact) mass is 614 g/mol. The van der Waals surface area contributed by atoms with Gasteiger partial charge in [0.25, 0.3) is 0 Å². The highest BCUT2D eigenvalue weighted by Crippen LogP contribution is 2.31. The van der Waals surface area contributed by atoms with E-state index in [9.17, 15) is 18.0 Å². The van der Waals surface area contributed by atoms with Crippen LogP contribution < -0.4 is 0 Å². The molecule has 9 heteroatoms. The molecule has 0 aromatic heterocycles. The van der Waals surface area contributed by atoms with Crippen molar-refractivity contribution in [3.05, 3.63) is 47.6 Å². The Kier molecular flexibility index (Phi) is 11.5. The molecule has 1 saturated heterocycles. The highest BCUT2D eigenvalue weighted by molar-refractivity contribution is 7.92. The van der Waals surface area contributed by atoms with Crippen molar-refractivity contribution in [1.82, 2.24) is 9.80 Å². The SMILES string of the molecule is C/C(=C\c1cccc(S(=O)(=O)C2CCCC2)c1)[C@H]1OC(=O)C[C@H](C)CC[C@H](C)[C@@H](OC(=O)N2CCN(C)CC2)/C=C/[C@@H]1C. The Labute approximate surface area is 258 Å². The van der Waals surface area contributed by atoms with Crippen molar-refractivity contribution in [2.75, 3.05) is 33.2 Å². The summed E-state index contributed by atoms with van der Waals surface area (Å²) in [5.74, 6) is -0.214. The van der Waals surface area contributed by atoms with E-state index in [1.54, 1.807) is 23.1 Å². The van der Waals surface area contributed by atoms with Crippen molar-refractivity contribution in [1.29, 1.82) is 0 Å². The van der Waals surface area contributed by atoms with Crippen LogP contribution in [0.4, 0.5) is 4.79 Å². The van der Waals surface area contributed by atoms with Gasteiger partial charge in [0, 0.05) is 38.5 Å². The average Bonchev–Trinajstić information content (AvgIpc) is 3.53. The minimum Gasteiger partial charge on any atom is -0.457 e. The van der Waals surface area contributed by atoms with E-state index in [0.717, 1.165) is 49.9 Å². The van der Waals surface area contributed by atoms with Crippen LogP contribution in [0.5, 0.6) is 0 Å². The molecular formula is C34H50N2O6S. The molecule has 8 nitrogen and oxygen atoms in total. The van der Waals surface area contributed by atoms with Crippen molar-refractivity contribution < 1.29 is 27.5 Å². The largest absolute Gasteiger partial charge is 0.457 e. The Morgan fingerprint density at radius 1 is 1.00 bits per heavy atom. The first-order valence-corrected chi connectivity index (χ1v) is 17.5. The minimum absolute atomic E-state index is 0.0948. The standard InChI is InChI=1S/C34H50N2O6S/c1-24-13-14-25(2)31(41-34(38)36-19-17-35(5)18-20-36)16-15-26(3)33(42-32(37)21-24)27(4)22-28-9-8-12-30(23-28)43(39,40)29-10-6-7-11-29/h8-9,12,15-16,22-26,29,31,33H,6-7,10-11,13-14,17-21H2,1-5H3/b16-15+,27-22+/t24-,25+,26+,31+,33+/m1/s1. The Bertz CT molecular complexity index is 1280. The van der Waals surface area contributed by atoms with Gasteiger partial charge in [0.2, 0.25) is 0 Å². The first-order chi connectivity index (χ1) is 20.4. The number of piperazine rings is 1. The second-order valence-corrected chi connectivity index (χ2v) is 15.3. The lowest BCUT2D eigenvalue weighted by molar-refractivity contribution is -0.149. The van der Waals surface area contributed by atoms with Gasteiger partial charge in [-0.1, -0.05) is 57.9 Å². The van der Waals surface area contributed by atoms with Gasteiger partial charge in [-0.05, 0) is 80.8 Å². The topological polar surface area (TPSA) is 93.2 Å². The van der Waals surface area contributed by atoms with E-state index in [4.69, 9.17) is 9.47 Å². The third-order valence-corrected chi connectivity index (χ3v) is 11.6. The number of cyclic esters (lactones) is 1. The number of hydrogen-bond donors (Lipinski definition) is 0. The molecule has 1 saturated carbocycles. The van der Waals surface area contributed by atoms with Gasteiger partial charge in [-0.25, -0.2) is 13.2 Å². The second-order valence-electron chi connectivity index (χ2n) is 13.1. The zero-order valence-corrected chi connectivity index (χ0v) is 27.4. The molecule has 1 aliphatic carbocycles. The molecule has 238 valence electrons. The Hall–Kier alpha value is -2.65. The van der Waals surface area contributed by atoms with Gasteiger partial charge < -0.3 is 19.3 Å². The fraction of sp³-hybridized carbons (Fsp3) is 0.647. The number of carbonyl (C=O) groups excluding carboxylic acids is 2. The van der Waals surface area contributed by atoms with Gasteiger partial charge in [0.15, 0.2) is 9.84 Å². The van der Waals surface area contributed by atoms with Gasteiger partial charge in [-0.15, -0.1) is 0 Å². The lowest BCUT2D eigenvalue weighted by atomic mass is 9.90. The Balaban J connectivity index is 1.56. The Morgan fingerprint density at radius 2 is 1.70 bits per heavy atom. The molecule has 2 aliphatic heterocycles. The molecule has 1 aromatic carbocycles. The van der Waals surface area contributed by atoms with Crippen molar-refractivity contribution in [2.45, 2.75) is 95.0 Å². The van der Waals surface area contributed by atoms with Crippen molar-refractivity contribution >= 4 is 28.0 Å². The molecule has 0 unspecified atom stereocenters. The van der Waals surface area contributed by atoms with E-state index in [1.807, 2.05) is 38.1 Å². The molecule has 5 atom stereocenters. The van der Waals surface area contributed by atoms with Gasteiger partial charge in [0.1, 0.15) is 12.2 Å². The number of ether oxygens (including phenoxy) is 2. The normalized spacial score (nSPS) is 29.8. The van der Waals surface area contributed by atoms with Crippen LogP contribution in [0.15, 0.2) is 46.9 Å². The number of sulfone groups is 1. The van der Waals surface area contributed by atoms with Gasteiger partial charge in [0.05, 0.1) is 10.1 Å². The van der Waals surface area contributed by atoms with Crippen LogP contribution in [0.1, 0.15) is 78.2 Å². The smallest absolute Gasteiger partial charge is 0.410 e. The van der Waals surface area contributed by atoms with E-state index >= 15 is 0 Å². The summed E-state index contributed by atoms with van der Waals surface area (Å²) in [6.07, 6.45) is 9.94. The summed E-state index contributed by atoms with van der Waals surface area (Å²) < 4.78 is 38.6. The summed E-state index contributed by atoms with van der Waals surface area (Å²) in [5, 5.41) is -0.312. The van der Waals surface area contributed by atoms with Gasteiger partial charge in [-0.2, -0.15) is 0 Å². The summed E-state index contributed by atoms with van der Waals surface area (Å²) >= 11 is 0. The number of nitrogens with zero attached hydrogens (tertiary/aromatic N) is 2. The van der Waals surface area contributed by atoms with Crippen LogP contribution in [0, 0.1) is 17.8 Å². The van der Waals surface area contributed by atoms with Crippen LogP contribution >= 0.6 is 0 Å². The van der Waals surface area contributed by atoms with Crippen LogP contribution in [-0.2, 0) is 24.1 Å². The molecule has 4 rings (SSSR count). The minimum atomic E-state index is -3.38. The molecule has 3 aliphatic rings. The number of rotatable bonds is 5. The summed E-state index contributed by atoms with van der Waals surface area (Å²) in [6, 6.07) is 7.06. The van der Waals surface area contributed by atoms with Crippen molar-refractivity contribution in [3.63, 3.8) is 0 Å².